The quantitative estimate of drug-likeness (QED) is 0.763. The van der Waals surface area contributed by atoms with Crippen molar-refractivity contribution < 1.29 is 9.59 Å². The molecule has 1 aliphatic carbocycles. The fraction of sp³-hybridized carbons (Fsp3) is 0.524. The molecule has 2 aromatic rings. The average Bonchev–Trinajstić information content (AvgIpc) is 3.27. The van der Waals surface area contributed by atoms with Crippen molar-refractivity contribution in [2.75, 3.05) is 0 Å². The van der Waals surface area contributed by atoms with E-state index in [4.69, 9.17) is 0 Å². The van der Waals surface area contributed by atoms with Gasteiger partial charge < -0.3 is 10.2 Å². The third kappa shape index (κ3) is 4.76. The maximum absolute atomic E-state index is 13.4. The van der Waals surface area contributed by atoms with Crippen molar-refractivity contribution in [1.29, 1.82) is 0 Å². The van der Waals surface area contributed by atoms with E-state index in [-0.39, 0.29) is 29.6 Å². The van der Waals surface area contributed by atoms with Crippen LogP contribution in [0.5, 0.6) is 0 Å². The van der Waals surface area contributed by atoms with Gasteiger partial charge in [-0.25, -0.2) is 0 Å². The molecule has 1 aliphatic rings. The van der Waals surface area contributed by atoms with E-state index in [2.05, 4.69) is 14.9 Å². The molecule has 1 saturated carbocycles. The highest BCUT2D eigenvalue weighted by molar-refractivity contribution is 7.03. The topological polar surface area (TPSA) is 75.2 Å². The zero-order valence-electron chi connectivity index (χ0n) is 16.5. The first-order chi connectivity index (χ1) is 13.6. The predicted molar refractivity (Wildman–Crippen MR) is 110 cm³/mol. The van der Waals surface area contributed by atoms with Gasteiger partial charge in [0, 0.05) is 17.5 Å². The summed E-state index contributed by atoms with van der Waals surface area (Å²) in [6.07, 6.45) is 6.24. The van der Waals surface area contributed by atoms with Gasteiger partial charge in [0.05, 0.1) is 0 Å². The van der Waals surface area contributed by atoms with Crippen LogP contribution >= 0.6 is 11.5 Å². The van der Waals surface area contributed by atoms with Crippen molar-refractivity contribution in [1.82, 2.24) is 19.8 Å². The Hall–Kier alpha value is -2.28. The molecule has 2 atom stereocenters. The lowest BCUT2D eigenvalue weighted by molar-refractivity contribution is -0.127. The molecular weight excluding hydrogens is 372 g/mol. The van der Waals surface area contributed by atoms with Gasteiger partial charge in [-0.15, -0.1) is 5.10 Å². The number of nitrogens with zero attached hydrogens (tertiary/aromatic N) is 3. The summed E-state index contributed by atoms with van der Waals surface area (Å²) in [6.45, 7) is 3.99. The number of aromatic nitrogens is 2. The standard InChI is InChI=1S/C21H28N4O2S/c1-3-15(2)25(21(27)18-14-28-24-23-18)19(16-10-6-4-7-11-16)20(26)22-17-12-8-5-9-13-17/h4,6-7,10-11,14-15,17,19H,3,5,8-9,12-13H2,1-2H3,(H,22,26)/t15-,19-/m1/s1. The van der Waals surface area contributed by atoms with Crippen molar-refractivity contribution in [3.05, 3.63) is 47.0 Å². The van der Waals surface area contributed by atoms with Crippen LogP contribution in [-0.4, -0.2) is 38.4 Å². The van der Waals surface area contributed by atoms with Crippen molar-refractivity contribution in [2.45, 2.75) is 70.5 Å². The summed E-state index contributed by atoms with van der Waals surface area (Å²) >= 11 is 1.14. The minimum Gasteiger partial charge on any atom is -0.351 e. The maximum Gasteiger partial charge on any atom is 0.276 e. The van der Waals surface area contributed by atoms with E-state index < -0.39 is 6.04 Å². The summed E-state index contributed by atoms with van der Waals surface area (Å²) in [7, 11) is 0. The van der Waals surface area contributed by atoms with Crippen LogP contribution in [0.15, 0.2) is 35.7 Å². The SMILES string of the molecule is CC[C@@H](C)N(C(=O)c1csnn1)[C@@H](C(=O)NC1CCCCC1)c1ccccc1. The van der Waals surface area contributed by atoms with Crippen molar-refractivity contribution in [2.24, 2.45) is 0 Å². The number of rotatable bonds is 7. The smallest absolute Gasteiger partial charge is 0.276 e. The number of hydrogen-bond donors (Lipinski definition) is 1. The van der Waals surface area contributed by atoms with Gasteiger partial charge in [0.15, 0.2) is 5.69 Å². The molecule has 1 aromatic heterocycles. The van der Waals surface area contributed by atoms with Gasteiger partial charge in [-0.3, -0.25) is 9.59 Å². The third-order valence-electron chi connectivity index (χ3n) is 5.47. The van der Waals surface area contributed by atoms with Crippen LogP contribution < -0.4 is 5.32 Å². The summed E-state index contributed by atoms with van der Waals surface area (Å²) in [4.78, 5) is 28.3. The molecule has 1 aromatic carbocycles. The molecule has 3 rings (SSSR count). The molecule has 150 valence electrons. The second-order valence-electron chi connectivity index (χ2n) is 7.42. The lowest BCUT2D eigenvalue weighted by atomic mass is 9.94. The summed E-state index contributed by atoms with van der Waals surface area (Å²) in [5.41, 5.74) is 1.10. The summed E-state index contributed by atoms with van der Waals surface area (Å²) < 4.78 is 3.82. The summed E-state index contributed by atoms with van der Waals surface area (Å²) in [6, 6.07) is 8.92. The monoisotopic (exact) mass is 400 g/mol. The van der Waals surface area contributed by atoms with Crippen LogP contribution in [0, 0.1) is 0 Å². The van der Waals surface area contributed by atoms with E-state index in [0.29, 0.717) is 0 Å². The number of carbonyl (C=O) groups is 2. The van der Waals surface area contributed by atoms with Crippen LogP contribution in [0.3, 0.4) is 0 Å². The highest BCUT2D eigenvalue weighted by Gasteiger charge is 2.36. The second kappa shape index (κ2) is 9.78. The minimum absolute atomic E-state index is 0.114. The lowest BCUT2D eigenvalue weighted by Crippen LogP contribution is -2.50. The summed E-state index contributed by atoms with van der Waals surface area (Å²) in [5.74, 6) is -0.370. The molecule has 28 heavy (non-hydrogen) atoms. The Morgan fingerprint density at radius 2 is 1.93 bits per heavy atom. The Labute approximate surface area is 170 Å². The zero-order valence-corrected chi connectivity index (χ0v) is 17.3. The Kier molecular flexibility index (Phi) is 7.14. The number of nitrogens with one attached hydrogen (secondary N) is 1. The molecule has 1 fully saturated rings. The molecule has 6 nitrogen and oxygen atoms in total. The van der Waals surface area contributed by atoms with Crippen molar-refractivity contribution >= 4 is 23.3 Å². The first kappa shape index (κ1) is 20.5. The molecule has 1 N–H and O–H groups in total. The van der Waals surface area contributed by atoms with Gasteiger partial charge in [0.2, 0.25) is 5.91 Å². The van der Waals surface area contributed by atoms with Gasteiger partial charge >= 0.3 is 0 Å². The minimum atomic E-state index is -0.688. The van der Waals surface area contributed by atoms with Crippen LogP contribution in [0.4, 0.5) is 0 Å². The van der Waals surface area contributed by atoms with Crippen molar-refractivity contribution in [3.8, 4) is 0 Å². The average molecular weight is 401 g/mol. The normalized spacial score (nSPS) is 16.9. The Balaban J connectivity index is 1.94. The molecule has 0 saturated heterocycles. The molecule has 0 spiro atoms. The molecule has 0 unspecified atom stereocenters. The van der Waals surface area contributed by atoms with Crippen LogP contribution in [-0.2, 0) is 4.79 Å². The zero-order chi connectivity index (χ0) is 19.9. The van der Waals surface area contributed by atoms with Gasteiger partial charge in [-0.1, -0.05) is 61.0 Å². The molecule has 2 amide bonds. The fourth-order valence-electron chi connectivity index (χ4n) is 3.76. The van der Waals surface area contributed by atoms with Crippen LogP contribution in [0.1, 0.15) is 74.5 Å². The highest BCUT2D eigenvalue weighted by atomic mass is 32.1. The number of carbonyl (C=O) groups excluding carboxylic acids is 2. The highest BCUT2D eigenvalue weighted by Crippen LogP contribution is 2.28. The molecule has 0 aliphatic heterocycles. The Bertz CT molecular complexity index is 760. The largest absolute Gasteiger partial charge is 0.351 e. The number of hydrogen-bond acceptors (Lipinski definition) is 5. The first-order valence-corrected chi connectivity index (χ1v) is 10.9. The molecule has 0 radical (unpaired) electrons. The summed E-state index contributed by atoms with van der Waals surface area (Å²) in [5, 5.41) is 8.80. The molecule has 7 heteroatoms. The van der Waals surface area contributed by atoms with Crippen LogP contribution in [0.25, 0.3) is 0 Å². The number of benzene rings is 1. The van der Waals surface area contributed by atoms with Gasteiger partial charge in [0.25, 0.3) is 5.91 Å². The third-order valence-corrected chi connectivity index (χ3v) is 5.98. The predicted octanol–water partition coefficient (Wildman–Crippen LogP) is 3.97. The van der Waals surface area contributed by atoms with Gasteiger partial charge in [0.1, 0.15) is 6.04 Å². The van der Waals surface area contributed by atoms with Crippen LogP contribution in [0.2, 0.25) is 0 Å². The van der Waals surface area contributed by atoms with E-state index >= 15 is 0 Å². The molecule has 0 bridgehead atoms. The maximum atomic E-state index is 13.4. The van der Waals surface area contributed by atoms with E-state index in [9.17, 15) is 9.59 Å². The lowest BCUT2D eigenvalue weighted by Gasteiger charge is -2.36. The Morgan fingerprint density at radius 1 is 1.21 bits per heavy atom. The van der Waals surface area contributed by atoms with E-state index in [0.717, 1.165) is 49.2 Å². The second-order valence-corrected chi connectivity index (χ2v) is 8.03. The molecule has 1 heterocycles. The number of amides is 2. The van der Waals surface area contributed by atoms with E-state index in [1.807, 2.05) is 44.2 Å². The van der Waals surface area contributed by atoms with Gasteiger partial charge in [-0.05, 0) is 43.3 Å². The first-order valence-electron chi connectivity index (χ1n) is 10.1. The fourth-order valence-corrected chi connectivity index (χ4v) is 4.19. The van der Waals surface area contributed by atoms with E-state index in [1.165, 1.54) is 6.42 Å². The Morgan fingerprint density at radius 3 is 2.54 bits per heavy atom. The van der Waals surface area contributed by atoms with Gasteiger partial charge in [-0.2, -0.15) is 0 Å². The molecular formula is C21H28N4O2S. The van der Waals surface area contributed by atoms with Crippen molar-refractivity contribution in [3.63, 3.8) is 0 Å². The van der Waals surface area contributed by atoms with E-state index in [1.54, 1.807) is 10.3 Å².